The zero-order valence-corrected chi connectivity index (χ0v) is 9.41. The van der Waals surface area contributed by atoms with Crippen molar-refractivity contribution in [2.75, 3.05) is 19.8 Å². The quantitative estimate of drug-likeness (QED) is 0.663. The first-order valence-electron chi connectivity index (χ1n) is 5.61. The molecule has 0 aliphatic heterocycles. The van der Waals surface area contributed by atoms with Gasteiger partial charge in [-0.15, -0.1) is 0 Å². The van der Waals surface area contributed by atoms with Crippen LogP contribution in [0.15, 0.2) is 24.5 Å². The molecule has 1 aromatic heterocycles. The highest BCUT2D eigenvalue weighted by atomic mass is 16.5. The Balaban J connectivity index is 1.93. The summed E-state index contributed by atoms with van der Waals surface area (Å²) in [7, 11) is 0. The Morgan fingerprint density at radius 3 is 3.07 bits per heavy atom. The maximum atomic E-state index is 5.43. The van der Waals surface area contributed by atoms with Crippen LogP contribution in [-0.4, -0.2) is 24.7 Å². The number of ether oxygens (including phenoxy) is 1. The van der Waals surface area contributed by atoms with E-state index >= 15 is 0 Å². The number of hydrogen-bond acceptors (Lipinski definition) is 3. The van der Waals surface area contributed by atoms with Gasteiger partial charge in [0.1, 0.15) is 0 Å². The topological polar surface area (TPSA) is 34.1 Å². The van der Waals surface area contributed by atoms with Crippen LogP contribution in [0.2, 0.25) is 0 Å². The molecule has 1 aromatic rings. The Kier molecular flexibility index (Phi) is 6.79. The lowest BCUT2D eigenvalue weighted by Gasteiger charge is -2.05. The number of nitrogens with one attached hydrogen (secondary N) is 1. The average Bonchev–Trinajstić information content (AvgIpc) is 2.29. The van der Waals surface area contributed by atoms with Crippen molar-refractivity contribution < 1.29 is 4.74 Å². The smallest absolute Gasteiger partial charge is 0.0591 e. The summed E-state index contributed by atoms with van der Waals surface area (Å²) in [4.78, 5) is 4.05. The van der Waals surface area contributed by atoms with Crippen LogP contribution >= 0.6 is 0 Å². The molecule has 84 valence electrons. The van der Waals surface area contributed by atoms with Gasteiger partial charge >= 0.3 is 0 Å². The van der Waals surface area contributed by atoms with E-state index in [1.165, 1.54) is 12.0 Å². The van der Waals surface area contributed by atoms with Gasteiger partial charge in [-0.3, -0.25) is 4.98 Å². The third kappa shape index (κ3) is 6.20. The van der Waals surface area contributed by atoms with Gasteiger partial charge in [-0.05, 0) is 18.1 Å². The third-order valence-electron chi connectivity index (χ3n) is 2.12. The molecule has 3 heteroatoms. The van der Waals surface area contributed by atoms with Gasteiger partial charge in [-0.1, -0.05) is 19.4 Å². The van der Waals surface area contributed by atoms with Crippen molar-refractivity contribution in [3.8, 4) is 0 Å². The first-order valence-corrected chi connectivity index (χ1v) is 5.61. The second-order valence-electron chi connectivity index (χ2n) is 3.50. The van der Waals surface area contributed by atoms with Crippen molar-refractivity contribution in [3.63, 3.8) is 0 Å². The lowest BCUT2D eigenvalue weighted by Crippen LogP contribution is -2.19. The molecule has 1 N–H and O–H groups in total. The fourth-order valence-corrected chi connectivity index (χ4v) is 1.23. The molecule has 0 radical (unpaired) electrons. The van der Waals surface area contributed by atoms with E-state index in [9.17, 15) is 0 Å². The van der Waals surface area contributed by atoms with E-state index in [-0.39, 0.29) is 0 Å². The fraction of sp³-hybridized carbons (Fsp3) is 0.583. The SMILES string of the molecule is CCCCOCCNCc1cccnc1. The van der Waals surface area contributed by atoms with Gasteiger partial charge in [0.15, 0.2) is 0 Å². The number of nitrogens with zero attached hydrogens (tertiary/aromatic N) is 1. The number of rotatable bonds is 8. The molecule has 0 saturated carbocycles. The zero-order valence-electron chi connectivity index (χ0n) is 9.41. The molecule has 0 aromatic carbocycles. The van der Waals surface area contributed by atoms with Gasteiger partial charge in [-0.25, -0.2) is 0 Å². The minimum atomic E-state index is 0.792. The highest BCUT2D eigenvalue weighted by Gasteiger charge is 1.91. The maximum Gasteiger partial charge on any atom is 0.0591 e. The van der Waals surface area contributed by atoms with E-state index in [1.54, 1.807) is 6.20 Å². The van der Waals surface area contributed by atoms with Crippen molar-refractivity contribution in [3.05, 3.63) is 30.1 Å². The summed E-state index contributed by atoms with van der Waals surface area (Å²) in [5.74, 6) is 0. The molecule has 0 atom stereocenters. The van der Waals surface area contributed by atoms with Gasteiger partial charge in [0.05, 0.1) is 6.61 Å². The Labute approximate surface area is 91.9 Å². The Hall–Kier alpha value is -0.930. The minimum Gasteiger partial charge on any atom is -0.380 e. The van der Waals surface area contributed by atoms with Crippen molar-refractivity contribution >= 4 is 0 Å². The first-order chi connectivity index (χ1) is 7.43. The highest BCUT2D eigenvalue weighted by molar-refractivity contribution is 5.07. The summed E-state index contributed by atoms with van der Waals surface area (Å²) in [6, 6.07) is 4.02. The van der Waals surface area contributed by atoms with Crippen LogP contribution < -0.4 is 5.32 Å². The lowest BCUT2D eigenvalue weighted by atomic mass is 10.3. The van der Waals surface area contributed by atoms with Gasteiger partial charge < -0.3 is 10.1 Å². The molecule has 0 bridgehead atoms. The normalized spacial score (nSPS) is 10.5. The molecule has 3 nitrogen and oxygen atoms in total. The van der Waals surface area contributed by atoms with Crippen molar-refractivity contribution in [1.82, 2.24) is 10.3 Å². The lowest BCUT2D eigenvalue weighted by molar-refractivity contribution is 0.133. The van der Waals surface area contributed by atoms with Crippen molar-refractivity contribution in [1.29, 1.82) is 0 Å². The summed E-state index contributed by atoms with van der Waals surface area (Å²) in [6.45, 7) is 5.61. The number of aromatic nitrogens is 1. The molecule has 1 rings (SSSR count). The number of unbranched alkanes of at least 4 members (excludes halogenated alkanes) is 1. The number of pyridine rings is 1. The van der Waals surface area contributed by atoms with E-state index < -0.39 is 0 Å². The molecule has 0 saturated heterocycles. The van der Waals surface area contributed by atoms with Gasteiger partial charge in [0.25, 0.3) is 0 Å². The second kappa shape index (κ2) is 8.38. The summed E-state index contributed by atoms with van der Waals surface area (Å²) in [5, 5.41) is 3.31. The van der Waals surface area contributed by atoms with Crippen LogP contribution in [-0.2, 0) is 11.3 Å². The molecule has 0 aliphatic rings. The molecule has 15 heavy (non-hydrogen) atoms. The standard InChI is InChI=1S/C12H20N2O/c1-2-3-8-15-9-7-14-11-12-5-4-6-13-10-12/h4-6,10,14H,2-3,7-9,11H2,1H3. The molecular formula is C12H20N2O. The predicted octanol–water partition coefficient (Wildman–Crippen LogP) is 1.99. The summed E-state index contributed by atoms with van der Waals surface area (Å²) < 4.78 is 5.43. The first kappa shape index (κ1) is 12.1. The van der Waals surface area contributed by atoms with Crippen molar-refractivity contribution in [2.24, 2.45) is 0 Å². The van der Waals surface area contributed by atoms with E-state index in [1.807, 2.05) is 12.3 Å². The van der Waals surface area contributed by atoms with Gasteiger partial charge in [0.2, 0.25) is 0 Å². The molecule has 0 amide bonds. The van der Waals surface area contributed by atoms with Crippen molar-refractivity contribution in [2.45, 2.75) is 26.3 Å². The molecule has 1 heterocycles. The molecular weight excluding hydrogens is 188 g/mol. The van der Waals surface area contributed by atoms with Gasteiger partial charge in [0, 0.05) is 32.1 Å². The van der Waals surface area contributed by atoms with Crippen LogP contribution in [0.4, 0.5) is 0 Å². The van der Waals surface area contributed by atoms with E-state index in [0.717, 1.165) is 32.7 Å². The molecule has 0 aliphatic carbocycles. The minimum absolute atomic E-state index is 0.792. The number of hydrogen-bond donors (Lipinski definition) is 1. The van der Waals surface area contributed by atoms with Crippen LogP contribution in [0.5, 0.6) is 0 Å². The summed E-state index contributed by atoms with van der Waals surface area (Å²) in [6.07, 6.45) is 6.02. The maximum absolute atomic E-state index is 5.43. The summed E-state index contributed by atoms with van der Waals surface area (Å²) in [5.41, 5.74) is 1.21. The highest BCUT2D eigenvalue weighted by Crippen LogP contribution is 1.93. The largest absolute Gasteiger partial charge is 0.380 e. The zero-order chi connectivity index (χ0) is 10.8. The Morgan fingerprint density at radius 2 is 2.33 bits per heavy atom. The summed E-state index contributed by atoms with van der Waals surface area (Å²) >= 11 is 0. The second-order valence-corrected chi connectivity index (χ2v) is 3.50. The van der Waals surface area contributed by atoms with E-state index in [0.29, 0.717) is 0 Å². The predicted molar refractivity (Wildman–Crippen MR) is 61.7 cm³/mol. The Morgan fingerprint density at radius 1 is 1.40 bits per heavy atom. The average molecular weight is 208 g/mol. The van der Waals surface area contributed by atoms with E-state index in [4.69, 9.17) is 4.74 Å². The monoisotopic (exact) mass is 208 g/mol. The van der Waals surface area contributed by atoms with Crippen LogP contribution in [0.3, 0.4) is 0 Å². The van der Waals surface area contributed by atoms with Crippen LogP contribution in [0, 0.1) is 0 Å². The molecule has 0 unspecified atom stereocenters. The molecule has 0 fully saturated rings. The van der Waals surface area contributed by atoms with Crippen LogP contribution in [0.25, 0.3) is 0 Å². The van der Waals surface area contributed by atoms with Gasteiger partial charge in [-0.2, -0.15) is 0 Å². The van der Waals surface area contributed by atoms with E-state index in [2.05, 4.69) is 23.3 Å². The van der Waals surface area contributed by atoms with Crippen LogP contribution in [0.1, 0.15) is 25.3 Å². The Bertz CT molecular complexity index is 239. The molecule has 0 spiro atoms. The third-order valence-corrected chi connectivity index (χ3v) is 2.12. The fourth-order valence-electron chi connectivity index (χ4n) is 1.23.